The number of anilines is 1. The van der Waals surface area contributed by atoms with E-state index in [0.29, 0.717) is 0 Å². The van der Waals surface area contributed by atoms with Gasteiger partial charge in [0.05, 0.1) is 5.69 Å². The monoisotopic (exact) mass is 251 g/mol. The Balaban J connectivity index is 2.16. The number of carbonyl (C=O) groups is 1. The summed E-state index contributed by atoms with van der Waals surface area (Å²) in [6.45, 7) is 3.64. The van der Waals surface area contributed by atoms with Crippen LogP contribution in [0, 0.1) is 6.92 Å². The van der Waals surface area contributed by atoms with Crippen molar-refractivity contribution in [3.05, 3.63) is 29.3 Å². The zero-order valence-corrected chi connectivity index (χ0v) is 10.7. The lowest BCUT2D eigenvalue weighted by Gasteiger charge is -2.26. The molecular formula is C12H17N3OS. The Bertz CT molecular complexity index is 416. The fraction of sp³-hybridized carbons (Fsp3) is 0.417. The van der Waals surface area contributed by atoms with E-state index in [-0.39, 0.29) is 5.91 Å². The second-order valence-electron chi connectivity index (χ2n) is 4.08. The van der Waals surface area contributed by atoms with E-state index in [4.69, 9.17) is 5.84 Å². The highest BCUT2D eigenvalue weighted by molar-refractivity contribution is 7.99. The molecule has 0 radical (unpaired) electrons. The highest BCUT2D eigenvalue weighted by Crippen LogP contribution is 2.18. The van der Waals surface area contributed by atoms with Crippen LogP contribution in [0.5, 0.6) is 0 Å². The minimum atomic E-state index is 0.122. The van der Waals surface area contributed by atoms with Gasteiger partial charge >= 0.3 is 0 Å². The van der Waals surface area contributed by atoms with Gasteiger partial charge in [-0.25, -0.2) is 0 Å². The van der Waals surface area contributed by atoms with Crippen LogP contribution in [0.15, 0.2) is 18.2 Å². The SMILES string of the molecule is Cc1cc(C(=O)N2CCSCC2)ccc1NN. The van der Waals surface area contributed by atoms with Crippen molar-refractivity contribution in [1.82, 2.24) is 4.90 Å². The maximum atomic E-state index is 12.2. The molecule has 0 unspecified atom stereocenters. The van der Waals surface area contributed by atoms with Gasteiger partial charge in [0.2, 0.25) is 0 Å². The van der Waals surface area contributed by atoms with Gasteiger partial charge in [0.25, 0.3) is 5.91 Å². The molecule has 1 aliphatic rings. The van der Waals surface area contributed by atoms with Crippen molar-refractivity contribution in [2.24, 2.45) is 5.84 Å². The van der Waals surface area contributed by atoms with Crippen LogP contribution in [0.3, 0.4) is 0 Å². The Labute approximate surface area is 106 Å². The quantitative estimate of drug-likeness (QED) is 0.617. The summed E-state index contributed by atoms with van der Waals surface area (Å²) in [5.41, 5.74) is 5.20. The number of nitrogens with two attached hydrogens (primary N) is 1. The van der Waals surface area contributed by atoms with Crippen LogP contribution in [0.1, 0.15) is 15.9 Å². The molecule has 1 saturated heterocycles. The molecule has 1 amide bonds. The number of nitrogens with zero attached hydrogens (tertiary/aromatic N) is 1. The minimum Gasteiger partial charge on any atom is -0.337 e. The summed E-state index contributed by atoms with van der Waals surface area (Å²) < 4.78 is 0. The van der Waals surface area contributed by atoms with E-state index in [0.717, 1.165) is 41.4 Å². The zero-order valence-electron chi connectivity index (χ0n) is 9.90. The highest BCUT2D eigenvalue weighted by atomic mass is 32.2. The number of thioether (sulfide) groups is 1. The Morgan fingerprint density at radius 1 is 1.41 bits per heavy atom. The molecule has 1 aliphatic heterocycles. The number of benzene rings is 1. The lowest BCUT2D eigenvalue weighted by atomic mass is 10.1. The standard InChI is InChI=1S/C12H17N3OS/c1-9-8-10(2-3-11(9)14-13)12(16)15-4-6-17-7-5-15/h2-3,8,14H,4-7,13H2,1H3. The first kappa shape index (κ1) is 12.3. The van der Waals surface area contributed by atoms with Crippen molar-refractivity contribution >= 4 is 23.4 Å². The summed E-state index contributed by atoms with van der Waals surface area (Å²) in [4.78, 5) is 14.1. The molecule has 17 heavy (non-hydrogen) atoms. The number of hydrogen-bond donors (Lipinski definition) is 2. The van der Waals surface area contributed by atoms with E-state index >= 15 is 0 Å². The molecule has 0 spiro atoms. The number of hydrogen-bond acceptors (Lipinski definition) is 4. The molecule has 1 aromatic carbocycles. The predicted molar refractivity (Wildman–Crippen MR) is 72.2 cm³/mol. The molecular weight excluding hydrogens is 234 g/mol. The number of hydrazine groups is 1. The molecule has 0 aromatic heterocycles. The van der Waals surface area contributed by atoms with Crippen LogP contribution in [0.4, 0.5) is 5.69 Å². The summed E-state index contributed by atoms with van der Waals surface area (Å²) >= 11 is 1.90. The van der Waals surface area contributed by atoms with Crippen molar-refractivity contribution in [2.45, 2.75) is 6.92 Å². The van der Waals surface area contributed by atoms with Gasteiger partial charge in [0.1, 0.15) is 0 Å². The maximum absolute atomic E-state index is 12.2. The number of carbonyl (C=O) groups excluding carboxylic acids is 1. The lowest BCUT2D eigenvalue weighted by Crippen LogP contribution is -2.37. The molecule has 1 heterocycles. The number of nitrogens with one attached hydrogen (secondary N) is 1. The van der Waals surface area contributed by atoms with Crippen LogP contribution < -0.4 is 11.3 Å². The molecule has 1 aromatic rings. The summed E-state index contributed by atoms with van der Waals surface area (Å²) in [6.07, 6.45) is 0. The Kier molecular flexibility index (Phi) is 3.91. The third kappa shape index (κ3) is 2.73. The molecule has 92 valence electrons. The number of nitrogen functional groups attached to an aromatic ring is 1. The second kappa shape index (κ2) is 5.42. The Hall–Kier alpha value is -1.20. The van der Waals surface area contributed by atoms with Crippen molar-refractivity contribution in [3.63, 3.8) is 0 Å². The highest BCUT2D eigenvalue weighted by Gasteiger charge is 2.18. The average Bonchev–Trinajstić information content (AvgIpc) is 2.39. The molecule has 0 atom stereocenters. The van der Waals surface area contributed by atoms with Gasteiger partial charge in [-0.05, 0) is 30.7 Å². The van der Waals surface area contributed by atoms with E-state index in [9.17, 15) is 4.79 Å². The molecule has 0 saturated carbocycles. The van der Waals surface area contributed by atoms with E-state index in [2.05, 4.69) is 5.43 Å². The van der Waals surface area contributed by atoms with Gasteiger partial charge in [0.15, 0.2) is 0 Å². The topological polar surface area (TPSA) is 58.4 Å². The van der Waals surface area contributed by atoms with E-state index in [1.807, 2.05) is 41.8 Å². The van der Waals surface area contributed by atoms with Crippen LogP contribution in [0.2, 0.25) is 0 Å². The molecule has 0 aliphatic carbocycles. The predicted octanol–water partition coefficient (Wildman–Crippen LogP) is 1.47. The van der Waals surface area contributed by atoms with Gasteiger partial charge in [-0.15, -0.1) is 0 Å². The lowest BCUT2D eigenvalue weighted by molar-refractivity contribution is 0.0772. The average molecular weight is 251 g/mol. The van der Waals surface area contributed by atoms with Gasteiger partial charge in [-0.3, -0.25) is 10.6 Å². The summed E-state index contributed by atoms with van der Waals surface area (Å²) in [7, 11) is 0. The Morgan fingerprint density at radius 2 is 2.12 bits per heavy atom. The maximum Gasteiger partial charge on any atom is 0.253 e. The molecule has 5 heteroatoms. The molecule has 3 N–H and O–H groups in total. The molecule has 4 nitrogen and oxygen atoms in total. The summed E-state index contributed by atoms with van der Waals surface area (Å²) in [5, 5.41) is 0. The first-order chi connectivity index (χ1) is 8.22. The van der Waals surface area contributed by atoms with Gasteiger partial charge in [-0.2, -0.15) is 11.8 Å². The molecule has 0 bridgehead atoms. The zero-order chi connectivity index (χ0) is 12.3. The minimum absolute atomic E-state index is 0.122. The van der Waals surface area contributed by atoms with Crippen molar-refractivity contribution < 1.29 is 4.79 Å². The van der Waals surface area contributed by atoms with Crippen LogP contribution in [-0.2, 0) is 0 Å². The van der Waals surface area contributed by atoms with E-state index < -0.39 is 0 Å². The van der Waals surface area contributed by atoms with Crippen LogP contribution >= 0.6 is 11.8 Å². The Morgan fingerprint density at radius 3 is 2.71 bits per heavy atom. The van der Waals surface area contributed by atoms with Crippen LogP contribution in [0.25, 0.3) is 0 Å². The third-order valence-corrected chi connectivity index (χ3v) is 3.87. The molecule has 2 rings (SSSR count). The first-order valence-corrected chi connectivity index (χ1v) is 6.82. The molecule has 1 fully saturated rings. The van der Waals surface area contributed by atoms with E-state index in [1.165, 1.54) is 0 Å². The fourth-order valence-electron chi connectivity index (χ4n) is 1.91. The fourth-order valence-corrected chi connectivity index (χ4v) is 2.81. The first-order valence-electron chi connectivity index (χ1n) is 5.66. The normalized spacial score (nSPS) is 15.8. The number of amides is 1. The smallest absolute Gasteiger partial charge is 0.253 e. The second-order valence-corrected chi connectivity index (χ2v) is 5.30. The van der Waals surface area contributed by atoms with Gasteiger partial charge < -0.3 is 10.3 Å². The van der Waals surface area contributed by atoms with Gasteiger partial charge in [0, 0.05) is 30.2 Å². The number of rotatable bonds is 2. The van der Waals surface area contributed by atoms with Crippen molar-refractivity contribution in [2.75, 3.05) is 30.0 Å². The van der Waals surface area contributed by atoms with E-state index in [1.54, 1.807) is 0 Å². The van der Waals surface area contributed by atoms with Crippen LogP contribution in [-0.4, -0.2) is 35.4 Å². The largest absolute Gasteiger partial charge is 0.337 e. The van der Waals surface area contributed by atoms with Crippen molar-refractivity contribution in [1.29, 1.82) is 0 Å². The summed E-state index contributed by atoms with van der Waals surface area (Å²) in [5.74, 6) is 7.56. The number of aryl methyl sites for hydroxylation is 1. The summed E-state index contributed by atoms with van der Waals surface area (Å²) in [6, 6.07) is 5.56. The van der Waals surface area contributed by atoms with Gasteiger partial charge in [-0.1, -0.05) is 0 Å². The van der Waals surface area contributed by atoms with Crippen molar-refractivity contribution in [3.8, 4) is 0 Å². The third-order valence-electron chi connectivity index (χ3n) is 2.93.